The zero-order valence-electron chi connectivity index (χ0n) is 73.1. The summed E-state index contributed by atoms with van der Waals surface area (Å²) >= 11 is 0. The van der Waals surface area contributed by atoms with E-state index < -0.39 is 0 Å². The number of fused-ring (bicyclic) bond motifs is 32. The van der Waals surface area contributed by atoms with E-state index in [-0.39, 0.29) is 0 Å². The first-order chi connectivity index (χ1) is 62.3. The van der Waals surface area contributed by atoms with Gasteiger partial charge in [0, 0.05) is 0 Å². The minimum absolute atomic E-state index is 1.06. The molecule has 6 aliphatic carbocycles. The van der Waals surface area contributed by atoms with Crippen LogP contribution in [0.3, 0.4) is 0 Å². The maximum atomic E-state index is 2.44. The van der Waals surface area contributed by atoms with Crippen molar-refractivity contribution in [3.8, 4) is 66.8 Å². The third kappa shape index (κ3) is 13.2. The van der Waals surface area contributed by atoms with Crippen molar-refractivity contribution in [3.05, 3.63) is 464 Å². The van der Waals surface area contributed by atoms with Gasteiger partial charge in [0.1, 0.15) is 0 Å². The predicted molar refractivity (Wildman–Crippen MR) is 542 cm³/mol. The Bertz CT molecular complexity index is 7140. The molecule has 0 saturated heterocycles. The lowest BCUT2D eigenvalue weighted by Crippen LogP contribution is -1.93. The van der Waals surface area contributed by atoms with Crippen LogP contribution in [0.15, 0.2) is 364 Å². The van der Waals surface area contributed by atoms with Gasteiger partial charge in [-0.3, -0.25) is 0 Å². The Hall–Kier alpha value is -14.0. The summed E-state index contributed by atoms with van der Waals surface area (Å²) in [6.45, 7) is 13.5. The van der Waals surface area contributed by atoms with Crippen molar-refractivity contribution in [3.63, 3.8) is 0 Å². The van der Waals surface area contributed by atoms with Crippen LogP contribution in [0.5, 0.6) is 0 Å². The third-order valence-electron chi connectivity index (χ3n) is 28.7. The highest BCUT2D eigenvalue weighted by Crippen LogP contribution is 2.51. The summed E-state index contributed by atoms with van der Waals surface area (Å²) in [4.78, 5) is 0. The Morgan fingerprint density at radius 3 is 0.675 bits per heavy atom. The lowest BCUT2D eigenvalue weighted by Gasteiger charge is -2.14. The minimum Gasteiger partial charge on any atom is -0.0619 e. The van der Waals surface area contributed by atoms with Crippen LogP contribution < -0.4 is 0 Å². The Morgan fingerprint density at radius 1 is 0.143 bits per heavy atom. The summed E-state index contributed by atoms with van der Waals surface area (Å²) in [5.41, 5.74) is 43.7. The fourth-order valence-electron chi connectivity index (χ4n) is 23.2. The van der Waals surface area contributed by atoms with Gasteiger partial charge in [-0.25, -0.2) is 0 Å². The number of hydrogen-bond acceptors (Lipinski definition) is 0. The summed E-state index contributed by atoms with van der Waals surface area (Å²) in [7, 11) is 0. The van der Waals surface area contributed by atoms with Crippen LogP contribution in [0.4, 0.5) is 0 Å². The van der Waals surface area contributed by atoms with Crippen molar-refractivity contribution in [2.24, 2.45) is 0 Å². The van der Waals surface area contributed by atoms with Crippen LogP contribution in [0.2, 0.25) is 0 Å². The van der Waals surface area contributed by atoms with Crippen LogP contribution in [0, 0.1) is 0 Å². The van der Waals surface area contributed by atoms with Gasteiger partial charge in [0.05, 0.1) is 0 Å². The summed E-state index contributed by atoms with van der Waals surface area (Å²) in [6, 6.07) is 134. The van der Waals surface area contributed by atoms with Crippen molar-refractivity contribution in [2.75, 3.05) is 0 Å². The van der Waals surface area contributed by atoms with E-state index in [2.05, 4.69) is 406 Å². The van der Waals surface area contributed by atoms with Crippen LogP contribution in [0.1, 0.15) is 142 Å². The number of benzene rings is 21. The smallest absolute Gasteiger partial charge is 0.000728 e. The van der Waals surface area contributed by atoms with E-state index in [4.69, 9.17) is 0 Å². The number of hydrogen-bond donors (Lipinski definition) is 0. The number of aryl methyl sites for hydroxylation is 6. The highest BCUT2D eigenvalue weighted by atomic mass is 14.3. The van der Waals surface area contributed by atoms with E-state index in [9.17, 15) is 0 Å². The third-order valence-corrected chi connectivity index (χ3v) is 28.7. The highest BCUT2D eigenvalue weighted by molar-refractivity contribution is 6.13. The van der Waals surface area contributed by atoms with Gasteiger partial charge >= 0.3 is 0 Å². The SMILES string of the molecule is CCc1c2ccccc2c(CC)c2ccccc12.CCc1c2ccccc2c(CC)c2ccccc12.CCc1c2ccccc2c(CC)c2ccccc12.c1ccc2c(c1)Cc1c-2ccc2c3c(ccc12)Cc1ccccc1-3.c1ccc2c(c1)Cc1cc3ccc4c(c3cc1-2)-c1ccccc1C4.c1ccc2c(c1)Cc1ccc3c4c(ccc3c1-2)Cc1ccccc1-4. The first-order valence-electron chi connectivity index (χ1n) is 46.2. The molecule has 0 fully saturated rings. The molecule has 0 aromatic heterocycles. The van der Waals surface area contributed by atoms with E-state index >= 15 is 0 Å². The Balaban J connectivity index is 0.0000000900. The summed E-state index contributed by atoms with van der Waals surface area (Å²) in [6.07, 6.45) is 12.9. The van der Waals surface area contributed by atoms with Crippen LogP contribution >= 0.6 is 0 Å². The standard InChI is InChI=1S/3C24H16.3C18H18/c1-3-7-18-16(6-1)14-23-20(18)11-12-22-21(23)10-9-17-13-15-5-2-4-8-19(15)24(17)22;1-3-7-19-15(5-1)13-17-9-11-22-21(23(17)19)12-10-18-14-16-6-2-4-8-20(16)24(18)22;1-3-7-20-15(5-1)12-19-13-17-9-10-18-11-16-6-2-4-8-21(16)24(18)23(17)14-22(19)20;3*1-3-13-15-9-5-7-11-17(15)14(4-2)18-12-8-6-10-16(13)18/h2*1-12H,13-14H2;1-10,13-14H,11-12H2;3*5-12H,3-4H2,1-2H3. The molecule has 0 spiro atoms. The fourth-order valence-corrected chi connectivity index (χ4v) is 23.2. The molecule has 21 aromatic rings. The normalized spacial score (nSPS) is 12.5. The average Bonchev–Trinajstić information content (AvgIpc) is 1.59. The van der Waals surface area contributed by atoms with Crippen molar-refractivity contribution >= 4 is 97.0 Å². The number of rotatable bonds is 6. The molecule has 21 aromatic carbocycles. The van der Waals surface area contributed by atoms with Gasteiger partial charge in [0.25, 0.3) is 0 Å². The first kappa shape index (κ1) is 78.0. The Kier molecular flexibility index (Phi) is 20.4. The molecule has 0 bridgehead atoms. The molecule has 0 unspecified atom stereocenters. The minimum atomic E-state index is 1.06. The zero-order chi connectivity index (χ0) is 84.6. The monoisotopic (exact) mass is 1610 g/mol. The zero-order valence-corrected chi connectivity index (χ0v) is 73.1. The molecule has 0 N–H and O–H groups in total. The van der Waals surface area contributed by atoms with E-state index in [0.29, 0.717) is 0 Å². The highest BCUT2D eigenvalue weighted by Gasteiger charge is 2.30. The van der Waals surface area contributed by atoms with E-state index in [1.54, 1.807) is 0 Å². The molecule has 0 nitrogen and oxygen atoms in total. The molecule has 0 saturated carbocycles. The predicted octanol–water partition coefficient (Wildman–Crippen LogP) is 33.3. The summed E-state index contributed by atoms with van der Waals surface area (Å²) < 4.78 is 0. The van der Waals surface area contributed by atoms with Crippen molar-refractivity contribution in [1.29, 1.82) is 0 Å². The van der Waals surface area contributed by atoms with Crippen molar-refractivity contribution < 1.29 is 0 Å². The topological polar surface area (TPSA) is 0 Å². The average molecular weight is 1620 g/mol. The quantitative estimate of drug-likeness (QED) is 0.146. The second-order valence-corrected chi connectivity index (χ2v) is 35.2. The lowest BCUT2D eigenvalue weighted by molar-refractivity contribution is 1.15. The van der Waals surface area contributed by atoms with Gasteiger partial charge in [-0.2, -0.15) is 0 Å². The molecular weight excluding hydrogens is 1510 g/mol. The summed E-state index contributed by atoms with van der Waals surface area (Å²) in [5, 5.41) is 25.6. The molecule has 0 amide bonds. The lowest BCUT2D eigenvalue weighted by atomic mass is 9.90. The molecule has 0 aliphatic heterocycles. The molecule has 6 aliphatic rings. The summed E-state index contributed by atoms with van der Waals surface area (Å²) in [5.74, 6) is 0. The second-order valence-electron chi connectivity index (χ2n) is 35.2. The fraction of sp³-hybridized carbons (Fsp3) is 0.143. The maximum absolute atomic E-state index is 2.44. The second kappa shape index (κ2) is 32.9. The Morgan fingerprint density at radius 2 is 0.365 bits per heavy atom. The molecule has 0 heterocycles. The molecule has 606 valence electrons. The van der Waals surface area contributed by atoms with Gasteiger partial charge < -0.3 is 0 Å². The van der Waals surface area contributed by atoms with Gasteiger partial charge in [-0.05, 0) is 347 Å². The van der Waals surface area contributed by atoms with Crippen molar-refractivity contribution in [1.82, 2.24) is 0 Å². The maximum Gasteiger partial charge on any atom is -0.000728 e. The van der Waals surface area contributed by atoms with Gasteiger partial charge in [0.15, 0.2) is 0 Å². The van der Waals surface area contributed by atoms with Crippen LogP contribution in [0.25, 0.3) is 164 Å². The van der Waals surface area contributed by atoms with Crippen LogP contribution in [-0.2, 0) is 77.0 Å². The molecule has 27 rings (SSSR count). The van der Waals surface area contributed by atoms with Gasteiger partial charge in [-0.1, -0.05) is 399 Å². The van der Waals surface area contributed by atoms with E-state index in [1.165, 1.54) is 264 Å². The van der Waals surface area contributed by atoms with E-state index in [0.717, 1.165) is 77.0 Å². The van der Waals surface area contributed by atoms with Crippen LogP contribution in [-0.4, -0.2) is 0 Å². The van der Waals surface area contributed by atoms with E-state index in [1.807, 2.05) is 0 Å². The first-order valence-corrected chi connectivity index (χ1v) is 46.2. The van der Waals surface area contributed by atoms with Crippen molar-refractivity contribution in [2.45, 2.75) is 119 Å². The van der Waals surface area contributed by atoms with Gasteiger partial charge in [-0.15, -0.1) is 0 Å². The molecule has 0 atom stereocenters. The largest absolute Gasteiger partial charge is 0.0619 e. The molecular formula is C126H102. The molecule has 0 radical (unpaired) electrons. The molecule has 0 heteroatoms. The van der Waals surface area contributed by atoms with Gasteiger partial charge in [0.2, 0.25) is 0 Å². The molecule has 126 heavy (non-hydrogen) atoms. The Labute approximate surface area is 741 Å².